The molecule has 1 saturated carbocycles. The number of ether oxygens (including phenoxy) is 1. The van der Waals surface area contributed by atoms with Crippen LogP contribution in [-0.2, 0) is 0 Å². The summed E-state index contributed by atoms with van der Waals surface area (Å²) in [7, 11) is 0. The van der Waals surface area contributed by atoms with Crippen LogP contribution < -0.4 is 4.74 Å². The average molecular weight is 428 g/mol. The Balaban J connectivity index is 1.51. The zero-order chi connectivity index (χ0) is 21.6. The summed E-state index contributed by atoms with van der Waals surface area (Å²) < 4.78 is 67.4. The number of hydrogen-bond donors (Lipinski definition) is 0. The molecule has 30 heavy (non-hydrogen) atoms. The van der Waals surface area contributed by atoms with Crippen LogP contribution >= 0.6 is 0 Å². The Morgan fingerprint density at radius 3 is 2.23 bits per heavy atom. The quantitative estimate of drug-likeness (QED) is 0.301. The molecule has 0 heterocycles. The predicted octanol–water partition coefficient (Wildman–Crippen LogP) is 8.04. The third kappa shape index (κ3) is 6.58. The van der Waals surface area contributed by atoms with E-state index in [1.807, 2.05) is 0 Å². The topological polar surface area (TPSA) is 9.23 Å². The van der Waals surface area contributed by atoms with Gasteiger partial charge in [-0.2, -0.15) is 17.6 Å². The molecular weight excluding hydrogens is 399 g/mol. The van der Waals surface area contributed by atoms with Gasteiger partial charge < -0.3 is 4.74 Å². The summed E-state index contributed by atoms with van der Waals surface area (Å²) in [6.07, 6.45) is 6.10. The molecule has 0 aliphatic heterocycles. The molecule has 0 spiro atoms. The van der Waals surface area contributed by atoms with E-state index < -0.39 is 18.3 Å². The van der Waals surface area contributed by atoms with E-state index >= 15 is 0 Å². The number of allylic oxidation sites excluding steroid dienone is 2. The lowest BCUT2D eigenvalue weighted by Crippen LogP contribution is -2.23. The van der Waals surface area contributed by atoms with Crippen molar-refractivity contribution in [2.45, 2.75) is 63.4 Å². The lowest BCUT2D eigenvalue weighted by molar-refractivity contribution is -0.133. The highest BCUT2D eigenvalue weighted by Crippen LogP contribution is 2.41. The molecule has 0 radical (unpaired) electrons. The second-order valence-electron chi connectivity index (χ2n) is 8.51. The summed E-state index contributed by atoms with van der Waals surface area (Å²) in [5, 5.41) is 0. The minimum absolute atomic E-state index is 0.150. The molecule has 3 rings (SSSR count). The van der Waals surface area contributed by atoms with Crippen LogP contribution in [0.1, 0.15) is 62.8 Å². The highest BCUT2D eigenvalue weighted by atomic mass is 19.3. The molecule has 1 aromatic rings. The van der Waals surface area contributed by atoms with Crippen molar-refractivity contribution in [2.75, 3.05) is 6.67 Å². The number of benzene rings is 1. The molecule has 0 aromatic heterocycles. The third-order valence-electron chi connectivity index (χ3n) is 6.48. The van der Waals surface area contributed by atoms with Crippen LogP contribution in [0.3, 0.4) is 0 Å². The Kier molecular flexibility index (Phi) is 7.95. The van der Waals surface area contributed by atoms with Gasteiger partial charge in [-0.3, -0.25) is 4.39 Å². The number of alkyl halides is 3. The van der Waals surface area contributed by atoms with E-state index in [0.29, 0.717) is 24.2 Å². The van der Waals surface area contributed by atoms with E-state index in [0.717, 1.165) is 24.8 Å². The first kappa shape index (κ1) is 22.8. The van der Waals surface area contributed by atoms with Gasteiger partial charge in [0.1, 0.15) is 5.75 Å². The van der Waals surface area contributed by atoms with Gasteiger partial charge in [0.2, 0.25) is 0 Å². The number of halogens is 5. The summed E-state index contributed by atoms with van der Waals surface area (Å²) in [6.45, 7) is -0.213. The van der Waals surface area contributed by atoms with Crippen LogP contribution in [-0.4, -0.2) is 12.8 Å². The molecule has 6 heteroatoms. The average Bonchev–Trinajstić information content (AvgIpc) is 2.72. The summed E-state index contributed by atoms with van der Waals surface area (Å²) in [5.41, 5.74) is 1.00. The number of hydrogen-bond acceptors (Lipinski definition) is 1. The Labute approximate surface area is 175 Å². The van der Waals surface area contributed by atoms with Gasteiger partial charge >= 0.3 is 6.11 Å². The molecule has 2 atom stereocenters. The first-order chi connectivity index (χ1) is 14.4. The van der Waals surface area contributed by atoms with Crippen LogP contribution in [0.25, 0.3) is 0 Å². The van der Waals surface area contributed by atoms with E-state index in [-0.39, 0.29) is 18.3 Å². The minimum Gasteiger partial charge on any atom is -0.429 e. The van der Waals surface area contributed by atoms with Crippen molar-refractivity contribution in [3.63, 3.8) is 0 Å². The number of rotatable bonds is 8. The van der Waals surface area contributed by atoms with Crippen molar-refractivity contribution in [3.8, 4) is 5.75 Å². The highest BCUT2D eigenvalue weighted by Gasteiger charge is 2.31. The normalized spacial score (nSPS) is 27.0. The van der Waals surface area contributed by atoms with Gasteiger partial charge in [-0.15, -0.1) is 0 Å². The standard InChI is InChI=1S/C24H29F5O/c25-15-1-2-17-3-5-18(6-4-17)19-7-9-20(10-8-19)21-11-13-22(14-12-21)30-24(28,29)16-23(26)27/h7,9,11-14,16-20H,1-6,8,10,15H2. The summed E-state index contributed by atoms with van der Waals surface area (Å²) >= 11 is 0. The molecule has 2 aliphatic rings. The zero-order valence-electron chi connectivity index (χ0n) is 17.0. The first-order valence-electron chi connectivity index (χ1n) is 10.8. The van der Waals surface area contributed by atoms with Crippen LogP contribution in [0.4, 0.5) is 22.0 Å². The Hall–Kier alpha value is -1.85. The van der Waals surface area contributed by atoms with E-state index in [4.69, 9.17) is 0 Å². The lowest BCUT2D eigenvalue weighted by atomic mass is 9.70. The Bertz CT molecular complexity index is 716. The fourth-order valence-corrected chi connectivity index (χ4v) is 4.88. The monoisotopic (exact) mass is 428 g/mol. The lowest BCUT2D eigenvalue weighted by Gasteiger charge is -2.35. The maximum Gasteiger partial charge on any atom is 0.425 e. The Morgan fingerprint density at radius 1 is 0.967 bits per heavy atom. The molecule has 1 nitrogen and oxygen atoms in total. The molecule has 0 N–H and O–H groups in total. The predicted molar refractivity (Wildman–Crippen MR) is 108 cm³/mol. The van der Waals surface area contributed by atoms with Crippen LogP contribution in [0, 0.1) is 17.8 Å². The molecule has 0 amide bonds. The van der Waals surface area contributed by atoms with Crippen molar-refractivity contribution >= 4 is 0 Å². The van der Waals surface area contributed by atoms with Gasteiger partial charge in [-0.05, 0) is 74.0 Å². The largest absolute Gasteiger partial charge is 0.429 e. The summed E-state index contributed by atoms with van der Waals surface area (Å²) in [6, 6.07) is 6.22. The molecule has 1 fully saturated rings. The van der Waals surface area contributed by atoms with E-state index in [1.54, 1.807) is 12.1 Å². The maximum atomic E-state index is 13.3. The zero-order valence-corrected chi connectivity index (χ0v) is 17.0. The summed E-state index contributed by atoms with van der Waals surface area (Å²) in [4.78, 5) is 0. The molecule has 2 aliphatic carbocycles. The molecule has 0 saturated heterocycles. The van der Waals surface area contributed by atoms with Crippen LogP contribution in [0.2, 0.25) is 0 Å². The third-order valence-corrected chi connectivity index (χ3v) is 6.48. The second kappa shape index (κ2) is 10.5. The second-order valence-corrected chi connectivity index (χ2v) is 8.51. The van der Waals surface area contributed by atoms with Crippen LogP contribution in [0.5, 0.6) is 5.75 Å². The summed E-state index contributed by atoms with van der Waals surface area (Å²) in [5.74, 6) is 2.03. The molecular formula is C24H29F5O. The Morgan fingerprint density at radius 2 is 1.67 bits per heavy atom. The molecule has 0 bridgehead atoms. The van der Waals surface area contributed by atoms with Gasteiger partial charge in [-0.1, -0.05) is 37.1 Å². The highest BCUT2D eigenvalue weighted by molar-refractivity contribution is 5.32. The van der Waals surface area contributed by atoms with Crippen molar-refractivity contribution in [1.82, 2.24) is 0 Å². The molecule has 166 valence electrons. The van der Waals surface area contributed by atoms with Gasteiger partial charge in [0.25, 0.3) is 6.08 Å². The van der Waals surface area contributed by atoms with Crippen LogP contribution in [0.15, 0.2) is 48.6 Å². The molecule has 2 unspecified atom stereocenters. The maximum absolute atomic E-state index is 13.3. The van der Waals surface area contributed by atoms with E-state index in [9.17, 15) is 22.0 Å². The smallest absolute Gasteiger partial charge is 0.425 e. The fourth-order valence-electron chi connectivity index (χ4n) is 4.88. The minimum atomic E-state index is -4.04. The van der Waals surface area contributed by atoms with Gasteiger partial charge in [0.15, 0.2) is 0 Å². The van der Waals surface area contributed by atoms with Crippen molar-refractivity contribution in [1.29, 1.82) is 0 Å². The fraction of sp³-hybridized carbons (Fsp3) is 0.583. The van der Waals surface area contributed by atoms with Gasteiger partial charge in [-0.25, -0.2) is 0 Å². The van der Waals surface area contributed by atoms with Gasteiger partial charge in [0, 0.05) is 5.92 Å². The first-order valence-corrected chi connectivity index (χ1v) is 10.8. The van der Waals surface area contributed by atoms with Crippen molar-refractivity contribution < 1.29 is 26.7 Å². The van der Waals surface area contributed by atoms with Crippen molar-refractivity contribution in [3.05, 3.63) is 54.1 Å². The van der Waals surface area contributed by atoms with E-state index in [2.05, 4.69) is 16.9 Å². The van der Waals surface area contributed by atoms with E-state index in [1.165, 1.54) is 37.8 Å². The molecule has 1 aromatic carbocycles. The van der Waals surface area contributed by atoms with Crippen molar-refractivity contribution in [2.24, 2.45) is 17.8 Å². The SMILES string of the molecule is FCCCC1CCC(C2C=CC(c3ccc(OC(F)(F)C=C(F)F)cc3)CC2)CC1. The van der Waals surface area contributed by atoms with Gasteiger partial charge in [0.05, 0.1) is 12.8 Å².